The van der Waals surface area contributed by atoms with Crippen LogP contribution < -0.4 is 11.1 Å². The summed E-state index contributed by atoms with van der Waals surface area (Å²) in [6, 6.07) is 7.14. The fraction of sp³-hybridized carbons (Fsp3) is 0.467. The number of hydrogen-bond donors (Lipinski definition) is 2. The van der Waals surface area contributed by atoms with E-state index in [1.807, 2.05) is 36.1 Å². The lowest BCUT2D eigenvalue weighted by molar-refractivity contribution is -0.141. The Balaban J connectivity index is 2.40. The maximum absolute atomic E-state index is 11.9. The van der Waals surface area contributed by atoms with Crippen molar-refractivity contribution in [2.24, 2.45) is 5.73 Å². The Morgan fingerprint density at radius 1 is 1.48 bits per heavy atom. The number of benzene rings is 1. The van der Waals surface area contributed by atoms with Crippen molar-refractivity contribution in [2.75, 3.05) is 6.54 Å². The van der Waals surface area contributed by atoms with E-state index in [9.17, 15) is 9.59 Å². The molecule has 1 fully saturated rings. The number of carbonyl (C=O) groups is 2. The largest absolute Gasteiger partial charge is 0.326 e. The van der Waals surface area contributed by atoms with Crippen LogP contribution in [0.3, 0.4) is 0 Å². The molecule has 3 atom stereocenters. The third-order valence-corrected chi connectivity index (χ3v) is 4.38. The van der Waals surface area contributed by atoms with E-state index in [1.54, 1.807) is 6.92 Å². The van der Waals surface area contributed by atoms with Crippen LogP contribution in [0.1, 0.15) is 31.9 Å². The number of amides is 2. The zero-order chi connectivity index (χ0) is 15.6. The summed E-state index contributed by atoms with van der Waals surface area (Å²) < 4.78 is 0.953. The standard InChI is InChI=1S/C15H20BrN3O2/c1-3-12(17)14(10-5-4-6-11(16)7-10)19-8-13(20)18-15(21)9(19)2/h4-7,9,12,14H,3,8,17H2,1-2H3,(H,18,20,21). The van der Waals surface area contributed by atoms with Crippen LogP contribution in [0, 0.1) is 0 Å². The van der Waals surface area contributed by atoms with Crippen molar-refractivity contribution >= 4 is 27.7 Å². The Morgan fingerprint density at radius 3 is 2.81 bits per heavy atom. The second kappa shape index (κ2) is 6.68. The number of halogens is 1. The third kappa shape index (κ3) is 3.51. The van der Waals surface area contributed by atoms with Crippen molar-refractivity contribution in [3.8, 4) is 0 Å². The molecule has 3 unspecified atom stereocenters. The molecule has 0 saturated carbocycles. The molecule has 0 bridgehead atoms. The fourth-order valence-corrected chi connectivity index (χ4v) is 3.09. The van der Waals surface area contributed by atoms with Crippen LogP contribution in [-0.2, 0) is 9.59 Å². The quantitative estimate of drug-likeness (QED) is 0.805. The van der Waals surface area contributed by atoms with E-state index in [0.29, 0.717) is 0 Å². The second-order valence-electron chi connectivity index (χ2n) is 5.33. The van der Waals surface area contributed by atoms with Gasteiger partial charge in [0.05, 0.1) is 18.6 Å². The van der Waals surface area contributed by atoms with E-state index in [2.05, 4.69) is 21.2 Å². The van der Waals surface area contributed by atoms with Gasteiger partial charge in [-0.2, -0.15) is 0 Å². The maximum Gasteiger partial charge on any atom is 0.243 e. The minimum absolute atomic E-state index is 0.152. The van der Waals surface area contributed by atoms with Gasteiger partial charge in [-0.15, -0.1) is 0 Å². The molecule has 2 rings (SSSR count). The molecule has 0 spiro atoms. The van der Waals surface area contributed by atoms with Crippen LogP contribution >= 0.6 is 15.9 Å². The highest BCUT2D eigenvalue weighted by molar-refractivity contribution is 9.10. The number of imide groups is 1. The maximum atomic E-state index is 11.9. The lowest BCUT2D eigenvalue weighted by atomic mass is 9.94. The summed E-state index contributed by atoms with van der Waals surface area (Å²) in [4.78, 5) is 25.5. The monoisotopic (exact) mass is 353 g/mol. The number of nitrogens with two attached hydrogens (primary N) is 1. The lowest BCUT2D eigenvalue weighted by Crippen LogP contribution is -2.59. The number of hydrogen-bond acceptors (Lipinski definition) is 4. The van der Waals surface area contributed by atoms with Gasteiger partial charge in [0.1, 0.15) is 0 Å². The summed E-state index contributed by atoms with van der Waals surface area (Å²) in [5, 5.41) is 2.36. The predicted molar refractivity (Wildman–Crippen MR) is 84.5 cm³/mol. The van der Waals surface area contributed by atoms with Gasteiger partial charge >= 0.3 is 0 Å². The predicted octanol–water partition coefficient (Wildman–Crippen LogP) is 1.57. The molecule has 0 radical (unpaired) electrons. The van der Waals surface area contributed by atoms with Crippen LogP contribution in [0.2, 0.25) is 0 Å². The normalized spacial score (nSPS) is 22.8. The molecule has 1 aromatic rings. The summed E-state index contributed by atoms with van der Waals surface area (Å²) in [6.45, 7) is 3.99. The SMILES string of the molecule is CCC(N)C(c1cccc(Br)c1)N1CC(=O)NC(=O)C1C. The van der Waals surface area contributed by atoms with Crippen LogP contribution in [0.4, 0.5) is 0 Å². The Kier molecular flexibility index (Phi) is 5.13. The molecule has 5 nitrogen and oxygen atoms in total. The first-order valence-corrected chi connectivity index (χ1v) is 7.83. The minimum Gasteiger partial charge on any atom is -0.326 e. The Hall–Kier alpha value is -1.24. The summed E-state index contributed by atoms with van der Waals surface area (Å²) in [5.41, 5.74) is 7.29. The first-order valence-electron chi connectivity index (χ1n) is 7.04. The molecule has 0 aromatic heterocycles. The molecule has 2 amide bonds. The smallest absolute Gasteiger partial charge is 0.243 e. The van der Waals surface area contributed by atoms with E-state index in [0.717, 1.165) is 16.5 Å². The van der Waals surface area contributed by atoms with E-state index >= 15 is 0 Å². The van der Waals surface area contributed by atoms with Crippen molar-refractivity contribution < 1.29 is 9.59 Å². The van der Waals surface area contributed by atoms with Gasteiger partial charge in [-0.25, -0.2) is 0 Å². The fourth-order valence-electron chi connectivity index (χ4n) is 2.67. The molecule has 1 heterocycles. The van der Waals surface area contributed by atoms with Crippen molar-refractivity contribution in [2.45, 2.75) is 38.4 Å². The first kappa shape index (κ1) is 16.1. The van der Waals surface area contributed by atoms with Gasteiger partial charge in [0.2, 0.25) is 11.8 Å². The molecule has 1 aliphatic rings. The van der Waals surface area contributed by atoms with Crippen LogP contribution in [0.15, 0.2) is 28.7 Å². The molecule has 21 heavy (non-hydrogen) atoms. The highest BCUT2D eigenvalue weighted by Crippen LogP contribution is 2.29. The Morgan fingerprint density at radius 2 is 2.19 bits per heavy atom. The summed E-state index contributed by atoms with van der Waals surface area (Å²) in [5.74, 6) is -0.545. The molecule has 1 aromatic carbocycles. The molecule has 6 heteroatoms. The van der Waals surface area contributed by atoms with Crippen molar-refractivity contribution in [1.82, 2.24) is 10.2 Å². The number of nitrogens with zero attached hydrogens (tertiary/aromatic N) is 1. The molecule has 0 aliphatic carbocycles. The molecular formula is C15H20BrN3O2. The van der Waals surface area contributed by atoms with Gasteiger partial charge in [0.25, 0.3) is 0 Å². The van der Waals surface area contributed by atoms with Crippen molar-refractivity contribution in [1.29, 1.82) is 0 Å². The molecular weight excluding hydrogens is 334 g/mol. The van der Waals surface area contributed by atoms with Gasteiger partial charge in [-0.1, -0.05) is 35.0 Å². The molecule has 3 N–H and O–H groups in total. The Bertz CT molecular complexity index is 549. The van der Waals surface area contributed by atoms with Crippen LogP contribution in [0.5, 0.6) is 0 Å². The highest BCUT2D eigenvalue weighted by Gasteiger charge is 2.37. The Labute approximate surface area is 133 Å². The third-order valence-electron chi connectivity index (χ3n) is 3.89. The van der Waals surface area contributed by atoms with Gasteiger partial charge in [0.15, 0.2) is 0 Å². The highest BCUT2D eigenvalue weighted by atomic mass is 79.9. The van der Waals surface area contributed by atoms with Crippen molar-refractivity contribution in [3.05, 3.63) is 34.3 Å². The topological polar surface area (TPSA) is 75.4 Å². The van der Waals surface area contributed by atoms with E-state index < -0.39 is 0 Å². The summed E-state index contributed by atoms with van der Waals surface area (Å²) in [6.07, 6.45) is 0.760. The minimum atomic E-state index is -0.385. The van der Waals surface area contributed by atoms with Gasteiger partial charge in [0, 0.05) is 10.5 Å². The second-order valence-corrected chi connectivity index (χ2v) is 6.25. The van der Waals surface area contributed by atoms with E-state index in [1.165, 1.54) is 0 Å². The average Bonchev–Trinajstić information content (AvgIpc) is 2.44. The van der Waals surface area contributed by atoms with Crippen molar-refractivity contribution in [3.63, 3.8) is 0 Å². The van der Waals surface area contributed by atoms with Crippen LogP contribution in [-0.4, -0.2) is 35.3 Å². The lowest BCUT2D eigenvalue weighted by Gasteiger charge is -2.40. The average molecular weight is 354 g/mol. The first-order chi connectivity index (χ1) is 9.93. The van der Waals surface area contributed by atoms with Gasteiger partial charge < -0.3 is 5.73 Å². The zero-order valence-electron chi connectivity index (χ0n) is 12.2. The molecule has 114 valence electrons. The number of piperazine rings is 1. The summed E-state index contributed by atoms with van der Waals surface area (Å²) in [7, 11) is 0. The van der Waals surface area contributed by atoms with E-state index in [4.69, 9.17) is 5.73 Å². The zero-order valence-corrected chi connectivity index (χ0v) is 13.8. The van der Waals surface area contributed by atoms with Crippen LogP contribution in [0.25, 0.3) is 0 Å². The molecule has 1 aliphatic heterocycles. The van der Waals surface area contributed by atoms with E-state index in [-0.39, 0.29) is 36.5 Å². The number of nitrogens with one attached hydrogen (secondary N) is 1. The van der Waals surface area contributed by atoms with Gasteiger partial charge in [-0.3, -0.25) is 19.8 Å². The number of carbonyl (C=O) groups excluding carboxylic acids is 2. The van der Waals surface area contributed by atoms with Gasteiger partial charge in [-0.05, 0) is 31.0 Å². The summed E-state index contributed by atoms with van der Waals surface area (Å²) >= 11 is 3.46. The number of rotatable bonds is 4. The molecule has 1 saturated heterocycles.